The van der Waals surface area contributed by atoms with E-state index in [1.54, 1.807) is 25.1 Å². The number of nitrogens with two attached hydrogens (primary N) is 2. The van der Waals surface area contributed by atoms with E-state index in [4.69, 9.17) is 16.6 Å². The van der Waals surface area contributed by atoms with E-state index in [2.05, 4.69) is 55.5 Å². The second-order valence-corrected chi connectivity index (χ2v) is 14.9. The maximum Gasteiger partial charge on any atom is 0.271 e. The predicted molar refractivity (Wildman–Crippen MR) is 204 cm³/mol. The molecule has 7 rings (SSSR count). The summed E-state index contributed by atoms with van der Waals surface area (Å²) in [6, 6.07) is 12.1. The number of anilines is 2. The Morgan fingerprint density at radius 3 is 2.40 bits per heavy atom. The van der Waals surface area contributed by atoms with Gasteiger partial charge < -0.3 is 37.2 Å². The highest BCUT2D eigenvalue weighted by Crippen LogP contribution is 2.49. The van der Waals surface area contributed by atoms with Gasteiger partial charge in [-0.1, -0.05) is 25.1 Å². The lowest BCUT2D eigenvalue weighted by atomic mass is 9.91. The Morgan fingerprint density at radius 1 is 0.981 bits per heavy atom. The molecular formula is C39H51N11O3. The van der Waals surface area contributed by atoms with E-state index in [9.17, 15) is 14.4 Å². The van der Waals surface area contributed by atoms with Crippen LogP contribution in [0.15, 0.2) is 65.9 Å². The van der Waals surface area contributed by atoms with Gasteiger partial charge in [0, 0.05) is 69.9 Å². The number of rotatable bonds is 12. The number of aromatic nitrogens is 3. The zero-order valence-corrected chi connectivity index (χ0v) is 31.1. The SMILES string of the molecule is CCC1c2c(cnn2C2CCN(Cc3cccc(C(=O)N(C)C)n3)CC2)-c2cccc(NC(/C=C(\N)NC(=O)C3CC3)=C(/N)C(=O)NC3CC3)c2N1C. The van der Waals surface area contributed by atoms with Crippen LogP contribution in [0.5, 0.6) is 0 Å². The van der Waals surface area contributed by atoms with Gasteiger partial charge in [-0.3, -0.25) is 24.0 Å². The second kappa shape index (κ2) is 14.9. The number of likely N-dealkylation sites (tertiary alicyclic amines) is 1. The number of carbonyl (C=O) groups excluding carboxylic acids is 3. The minimum atomic E-state index is -0.379. The summed E-state index contributed by atoms with van der Waals surface area (Å²) in [5.41, 5.74) is 19.5. The van der Waals surface area contributed by atoms with Gasteiger partial charge in [0.1, 0.15) is 17.2 Å². The number of amides is 3. The van der Waals surface area contributed by atoms with Crippen molar-refractivity contribution in [2.24, 2.45) is 17.4 Å². The van der Waals surface area contributed by atoms with Crippen LogP contribution in [-0.2, 0) is 16.1 Å². The Kier molecular flexibility index (Phi) is 10.1. The van der Waals surface area contributed by atoms with Crippen molar-refractivity contribution in [2.45, 2.75) is 76.5 Å². The Bertz CT molecular complexity index is 1950. The van der Waals surface area contributed by atoms with Gasteiger partial charge in [0.2, 0.25) is 5.91 Å². The predicted octanol–water partition coefficient (Wildman–Crippen LogP) is 3.57. The fourth-order valence-corrected chi connectivity index (χ4v) is 7.44. The van der Waals surface area contributed by atoms with Crippen LogP contribution in [0.25, 0.3) is 11.1 Å². The molecule has 7 N–H and O–H groups in total. The first kappa shape index (κ1) is 36.0. The van der Waals surface area contributed by atoms with Crippen LogP contribution >= 0.6 is 0 Å². The summed E-state index contributed by atoms with van der Waals surface area (Å²) < 4.78 is 2.24. The summed E-state index contributed by atoms with van der Waals surface area (Å²) in [5, 5.41) is 14.2. The van der Waals surface area contributed by atoms with Crippen molar-refractivity contribution in [3.05, 3.63) is 83.0 Å². The van der Waals surface area contributed by atoms with E-state index < -0.39 is 0 Å². The van der Waals surface area contributed by atoms with E-state index in [0.717, 1.165) is 86.2 Å². The van der Waals surface area contributed by atoms with E-state index in [1.165, 1.54) is 11.8 Å². The summed E-state index contributed by atoms with van der Waals surface area (Å²) in [5.74, 6) is -0.507. The van der Waals surface area contributed by atoms with Crippen molar-refractivity contribution < 1.29 is 14.4 Å². The normalized spacial score (nSPS) is 19.5. The number of hydrogen-bond acceptors (Lipinski definition) is 10. The molecule has 0 radical (unpaired) electrons. The van der Waals surface area contributed by atoms with Crippen molar-refractivity contribution >= 4 is 29.1 Å². The first-order valence-corrected chi connectivity index (χ1v) is 18.7. The van der Waals surface area contributed by atoms with E-state index in [0.29, 0.717) is 17.9 Å². The van der Waals surface area contributed by atoms with Crippen LogP contribution in [0.1, 0.15) is 85.8 Å². The van der Waals surface area contributed by atoms with Crippen molar-refractivity contribution in [3.8, 4) is 11.1 Å². The van der Waals surface area contributed by atoms with Gasteiger partial charge in [-0.15, -0.1) is 0 Å². The standard InChI is InChI=1S/C39H51N11O3/c1-5-32-36-28(21-42-50(36)26-16-18-49(19-17-26)22-25-8-6-11-30(43-25)39(53)47(2)3)27-9-7-10-29(35(27)48(32)4)45-31(34(41)38(52)44-24-14-15-24)20-33(40)46-37(51)23-12-13-23/h6-11,20-21,23-24,26,32,45H,5,12-19,22,40-41H2,1-4H3,(H,44,52)(H,46,51)/b33-20+,34-31+. The van der Waals surface area contributed by atoms with Crippen LogP contribution in [0.4, 0.5) is 11.4 Å². The summed E-state index contributed by atoms with van der Waals surface area (Å²) in [7, 11) is 5.57. The van der Waals surface area contributed by atoms with Gasteiger partial charge in [-0.2, -0.15) is 5.10 Å². The summed E-state index contributed by atoms with van der Waals surface area (Å²) in [6.45, 7) is 4.67. The zero-order valence-electron chi connectivity index (χ0n) is 31.1. The van der Waals surface area contributed by atoms with E-state index in [-0.39, 0.29) is 53.3 Å². The lowest BCUT2D eigenvalue weighted by molar-refractivity contribution is -0.121. The number of hydrogen-bond donors (Lipinski definition) is 5. The van der Waals surface area contributed by atoms with Gasteiger partial charge in [-0.25, -0.2) is 4.98 Å². The highest BCUT2D eigenvalue weighted by atomic mass is 16.2. The quantitative estimate of drug-likeness (QED) is 0.137. The molecule has 1 atom stereocenters. The van der Waals surface area contributed by atoms with Crippen LogP contribution in [-0.4, -0.2) is 82.6 Å². The minimum Gasteiger partial charge on any atom is -0.393 e. The highest BCUT2D eigenvalue weighted by Gasteiger charge is 2.36. The Labute approximate surface area is 310 Å². The van der Waals surface area contributed by atoms with Crippen LogP contribution in [0.3, 0.4) is 0 Å². The maximum atomic E-state index is 13.2. The van der Waals surface area contributed by atoms with Gasteiger partial charge in [0.25, 0.3) is 11.8 Å². The lowest BCUT2D eigenvalue weighted by Gasteiger charge is -2.39. The Morgan fingerprint density at radius 2 is 1.72 bits per heavy atom. The summed E-state index contributed by atoms with van der Waals surface area (Å²) in [6.07, 6.45) is 9.80. The van der Waals surface area contributed by atoms with Gasteiger partial charge in [0.15, 0.2) is 0 Å². The molecule has 2 saturated carbocycles. The number of nitrogens with one attached hydrogen (secondary N) is 3. The number of allylic oxidation sites excluding steroid dienone is 1. The molecule has 3 aromatic rings. The fourth-order valence-electron chi connectivity index (χ4n) is 7.44. The molecule has 280 valence electrons. The van der Waals surface area contributed by atoms with Crippen LogP contribution in [0.2, 0.25) is 0 Å². The first-order valence-electron chi connectivity index (χ1n) is 18.7. The van der Waals surface area contributed by atoms with Gasteiger partial charge >= 0.3 is 0 Å². The van der Waals surface area contributed by atoms with E-state index >= 15 is 0 Å². The minimum absolute atomic E-state index is 0.00554. The number of benzene rings is 1. The highest BCUT2D eigenvalue weighted by molar-refractivity contribution is 5.97. The number of fused-ring (bicyclic) bond motifs is 3. The molecular weight excluding hydrogens is 671 g/mol. The number of pyridine rings is 1. The molecule has 2 aliphatic heterocycles. The lowest BCUT2D eigenvalue weighted by Crippen LogP contribution is -2.37. The number of piperidine rings is 1. The molecule has 1 unspecified atom stereocenters. The molecule has 3 fully saturated rings. The molecule has 1 aromatic carbocycles. The zero-order chi connectivity index (χ0) is 37.4. The molecule has 0 bridgehead atoms. The van der Waals surface area contributed by atoms with Crippen LogP contribution < -0.4 is 32.3 Å². The maximum absolute atomic E-state index is 13.2. The molecule has 2 aromatic heterocycles. The summed E-state index contributed by atoms with van der Waals surface area (Å²) >= 11 is 0. The molecule has 14 nitrogen and oxygen atoms in total. The third kappa shape index (κ3) is 7.73. The molecule has 0 spiro atoms. The monoisotopic (exact) mass is 721 g/mol. The molecule has 4 heterocycles. The first-order chi connectivity index (χ1) is 25.5. The van der Waals surface area contributed by atoms with Crippen molar-refractivity contribution in [1.29, 1.82) is 0 Å². The van der Waals surface area contributed by atoms with Crippen molar-refractivity contribution in [2.75, 3.05) is 44.4 Å². The molecule has 14 heteroatoms. The smallest absolute Gasteiger partial charge is 0.271 e. The topological polar surface area (TPSA) is 180 Å². The average molecular weight is 722 g/mol. The second-order valence-electron chi connectivity index (χ2n) is 14.9. The molecule has 2 aliphatic carbocycles. The molecule has 4 aliphatic rings. The molecule has 3 amide bonds. The van der Waals surface area contributed by atoms with Gasteiger partial charge in [0.05, 0.1) is 46.7 Å². The fraction of sp³-hybridized carbons (Fsp3) is 0.462. The number of para-hydroxylation sites is 1. The Hall–Kier alpha value is -5.37. The third-order valence-corrected chi connectivity index (χ3v) is 10.6. The summed E-state index contributed by atoms with van der Waals surface area (Å²) in [4.78, 5) is 49.0. The molecule has 53 heavy (non-hydrogen) atoms. The molecule has 1 saturated heterocycles. The van der Waals surface area contributed by atoms with Crippen LogP contribution in [0, 0.1) is 5.92 Å². The number of carbonyl (C=O) groups is 3. The Balaban J connectivity index is 1.13. The third-order valence-electron chi connectivity index (χ3n) is 10.6. The van der Waals surface area contributed by atoms with Crippen molar-refractivity contribution in [3.63, 3.8) is 0 Å². The van der Waals surface area contributed by atoms with E-state index in [1.807, 2.05) is 30.5 Å². The van der Waals surface area contributed by atoms with Gasteiger partial charge in [-0.05, 0) is 63.1 Å². The number of nitrogens with zero attached hydrogens (tertiary/aromatic N) is 6. The average Bonchev–Trinajstić information content (AvgIpc) is 4.10. The van der Waals surface area contributed by atoms with Crippen molar-refractivity contribution in [1.82, 2.24) is 35.2 Å². The largest absolute Gasteiger partial charge is 0.393 e.